The molecule has 0 fully saturated rings. The van der Waals surface area contributed by atoms with Gasteiger partial charge in [0, 0.05) is 33.3 Å². The Morgan fingerprint density at radius 2 is 1.19 bits per heavy atom. The van der Waals surface area contributed by atoms with Crippen LogP contribution in [0.15, 0.2) is 48.8 Å². The normalized spacial score (nSPS) is 11.2. The number of hydrogen-bond acceptors (Lipinski definition) is 4. The van der Waals surface area contributed by atoms with Crippen molar-refractivity contribution < 1.29 is 4.74 Å². The minimum Gasteiger partial charge on any atom is -0.494 e. The van der Waals surface area contributed by atoms with Crippen molar-refractivity contribution in [2.45, 2.75) is 110 Å². The zero-order chi connectivity index (χ0) is 25.3. The molecule has 0 N–H and O–H groups in total. The Labute approximate surface area is 223 Å². The molecule has 2 heterocycles. The first-order chi connectivity index (χ1) is 17.8. The van der Waals surface area contributed by atoms with Crippen LogP contribution in [-0.4, -0.2) is 16.6 Å². The van der Waals surface area contributed by atoms with Crippen molar-refractivity contribution in [3.05, 3.63) is 53.7 Å². The minimum atomic E-state index is 0.760. The van der Waals surface area contributed by atoms with Crippen molar-refractivity contribution in [3.8, 4) is 27.6 Å². The second kappa shape index (κ2) is 17.3. The average Bonchev–Trinajstić information content (AvgIpc) is 3.39. The van der Waals surface area contributed by atoms with Crippen molar-refractivity contribution in [1.29, 1.82) is 0 Å². The average molecular weight is 507 g/mol. The van der Waals surface area contributed by atoms with Crippen molar-refractivity contribution in [2.75, 3.05) is 6.61 Å². The van der Waals surface area contributed by atoms with Crippen LogP contribution >= 0.6 is 11.3 Å². The van der Waals surface area contributed by atoms with E-state index in [1.807, 2.05) is 48.0 Å². The molecule has 0 bridgehead atoms. The number of benzene rings is 1. The van der Waals surface area contributed by atoms with Crippen LogP contribution in [0.1, 0.15) is 109 Å². The van der Waals surface area contributed by atoms with Gasteiger partial charge < -0.3 is 4.74 Å². The monoisotopic (exact) mass is 506 g/mol. The summed E-state index contributed by atoms with van der Waals surface area (Å²) in [5.41, 5.74) is 2.12. The van der Waals surface area contributed by atoms with E-state index >= 15 is 0 Å². The molecule has 0 radical (unpaired) electrons. The summed E-state index contributed by atoms with van der Waals surface area (Å²) in [5, 5.41) is 0. The maximum atomic E-state index is 5.85. The van der Waals surface area contributed by atoms with Gasteiger partial charge in [-0.2, -0.15) is 0 Å². The molecule has 4 heteroatoms. The Balaban J connectivity index is 1.37. The van der Waals surface area contributed by atoms with Gasteiger partial charge in [0.15, 0.2) is 5.82 Å². The Bertz CT molecular complexity index is 949. The SMILES string of the molecule is CCCCCCCCCCCCc1ccc(-c2cnc(-c3ccc(OCCCCCC)cc3)nc2)s1. The third kappa shape index (κ3) is 10.4. The maximum absolute atomic E-state index is 5.85. The second-order valence-electron chi connectivity index (χ2n) is 9.93. The molecule has 3 nitrogen and oxygen atoms in total. The predicted molar refractivity (Wildman–Crippen MR) is 156 cm³/mol. The summed E-state index contributed by atoms with van der Waals surface area (Å²) >= 11 is 1.88. The summed E-state index contributed by atoms with van der Waals surface area (Å²) in [7, 11) is 0. The van der Waals surface area contributed by atoms with Gasteiger partial charge in [0.25, 0.3) is 0 Å². The van der Waals surface area contributed by atoms with E-state index in [4.69, 9.17) is 4.74 Å². The molecular weight excluding hydrogens is 460 g/mol. The molecule has 0 saturated heterocycles. The highest BCUT2D eigenvalue weighted by Gasteiger charge is 2.07. The number of hydrogen-bond donors (Lipinski definition) is 0. The maximum Gasteiger partial charge on any atom is 0.159 e. The molecule has 0 atom stereocenters. The highest BCUT2D eigenvalue weighted by Crippen LogP contribution is 2.29. The van der Waals surface area contributed by atoms with Gasteiger partial charge in [-0.3, -0.25) is 0 Å². The number of ether oxygens (including phenoxy) is 1. The van der Waals surface area contributed by atoms with Crippen molar-refractivity contribution >= 4 is 11.3 Å². The first-order valence-electron chi connectivity index (χ1n) is 14.4. The molecular formula is C32H46N2OS. The number of rotatable bonds is 19. The molecule has 0 aliphatic heterocycles. The number of unbranched alkanes of at least 4 members (excludes halogenated alkanes) is 12. The molecule has 3 aromatic rings. The van der Waals surface area contributed by atoms with Crippen LogP contribution in [0, 0.1) is 0 Å². The number of aryl methyl sites for hydroxylation is 1. The zero-order valence-corrected chi connectivity index (χ0v) is 23.5. The van der Waals surface area contributed by atoms with E-state index in [1.165, 1.54) is 99.6 Å². The minimum absolute atomic E-state index is 0.760. The van der Waals surface area contributed by atoms with Crippen LogP contribution in [0.5, 0.6) is 5.75 Å². The Kier molecular flexibility index (Phi) is 13.6. The van der Waals surface area contributed by atoms with Gasteiger partial charge in [-0.25, -0.2) is 9.97 Å². The first-order valence-corrected chi connectivity index (χ1v) is 15.3. The largest absolute Gasteiger partial charge is 0.494 e. The molecule has 2 aromatic heterocycles. The van der Waals surface area contributed by atoms with E-state index < -0.39 is 0 Å². The molecule has 3 rings (SSSR count). The van der Waals surface area contributed by atoms with E-state index in [0.717, 1.165) is 35.7 Å². The smallest absolute Gasteiger partial charge is 0.159 e. The molecule has 0 unspecified atom stereocenters. The summed E-state index contributed by atoms with van der Waals surface area (Å²) in [6.07, 6.45) is 23.8. The van der Waals surface area contributed by atoms with Gasteiger partial charge in [0.05, 0.1) is 6.61 Å². The Morgan fingerprint density at radius 3 is 1.83 bits per heavy atom. The Morgan fingerprint density at radius 1 is 0.611 bits per heavy atom. The fourth-order valence-electron chi connectivity index (χ4n) is 4.48. The van der Waals surface area contributed by atoms with Crippen LogP contribution in [0.2, 0.25) is 0 Å². The van der Waals surface area contributed by atoms with E-state index in [1.54, 1.807) is 0 Å². The number of nitrogens with zero attached hydrogens (tertiary/aromatic N) is 2. The van der Waals surface area contributed by atoms with Crippen LogP contribution in [0.25, 0.3) is 21.8 Å². The fourth-order valence-corrected chi connectivity index (χ4v) is 5.50. The van der Waals surface area contributed by atoms with Gasteiger partial charge in [-0.1, -0.05) is 90.9 Å². The van der Waals surface area contributed by atoms with Gasteiger partial charge in [0.2, 0.25) is 0 Å². The van der Waals surface area contributed by atoms with E-state index in [0.29, 0.717) is 0 Å². The predicted octanol–water partition coefficient (Wildman–Crippen LogP) is 10.3. The van der Waals surface area contributed by atoms with Gasteiger partial charge in [0.1, 0.15) is 5.75 Å². The highest BCUT2D eigenvalue weighted by molar-refractivity contribution is 7.15. The van der Waals surface area contributed by atoms with Crippen molar-refractivity contribution in [1.82, 2.24) is 9.97 Å². The molecule has 36 heavy (non-hydrogen) atoms. The molecule has 196 valence electrons. The lowest BCUT2D eigenvalue weighted by Gasteiger charge is -2.07. The topological polar surface area (TPSA) is 35.0 Å². The standard InChI is InChI=1S/C32H46N2OS/c1-3-5-7-9-10-11-12-13-14-15-17-30-22-23-31(36-30)28-25-33-32(34-26-28)27-18-20-29(21-19-27)35-24-16-8-6-4-2/h18-23,25-26H,3-17,24H2,1-2H3. The van der Waals surface area contributed by atoms with E-state index in [-0.39, 0.29) is 0 Å². The third-order valence-electron chi connectivity index (χ3n) is 6.75. The lowest BCUT2D eigenvalue weighted by molar-refractivity contribution is 0.305. The van der Waals surface area contributed by atoms with Crippen LogP contribution in [0.4, 0.5) is 0 Å². The van der Waals surface area contributed by atoms with Gasteiger partial charge in [-0.05, 0) is 55.7 Å². The molecule has 0 amide bonds. The summed E-state index contributed by atoms with van der Waals surface area (Å²) in [6.45, 7) is 5.30. The highest BCUT2D eigenvalue weighted by atomic mass is 32.1. The molecule has 0 aliphatic rings. The lowest BCUT2D eigenvalue weighted by atomic mass is 10.1. The van der Waals surface area contributed by atoms with E-state index in [2.05, 4.69) is 35.9 Å². The Hall–Kier alpha value is -2.20. The molecule has 0 saturated carbocycles. The third-order valence-corrected chi connectivity index (χ3v) is 7.95. The fraction of sp³-hybridized carbons (Fsp3) is 0.562. The summed E-state index contributed by atoms with van der Waals surface area (Å²) < 4.78 is 5.85. The van der Waals surface area contributed by atoms with Crippen molar-refractivity contribution in [2.24, 2.45) is 0 Å². The zero-order valence-electron chi connectivity index (χ0n) is 22.6. The van der Waals surface area contributed by atoms with Crippen molar-refractivity contribution in [3.63, 3.8) is 0 Å². The first kappa shape index (κ1) is 28.4. The number of thiophene rings is 1. The van der Waals surface area contributed by atoms with E-state index in [9.17, 15) is 0 Å². The molecule has 1 aromatic carbocycles. The quantitative estimate of drug-likeness (QED) is 0.152. The summed E-state index contributed by atoms with van der Waals surface area (Å²) in [4.78, 5) is 12.0. The molecule has 0 spiro atoms. The van der Waals surface area contributed by atoms with Crippen LogP contribution in [-0.2, 0) is 6.42 Å². The van der Waals surface area contributed by atoms with Crippen LogP contribution in [0.3, 0.4) is 0 Å². The van der Waals surface area contributed by atoms with Crippen LogP contribution < -0.4 is 4.74 Å². The van der Waals surface area contributed by atoms with Gasteiger partial charge >= 0.3 is 0 Å². The second-order valence-corrected chi connectivity index (χ2v) is 11.1. The summed E-state index contributed by atoms with van der Waals surface area (Å²) in [5.74, 6) is 1.68. The van der Waals surface area contributed by atoms with Gasteiger partial charge in [-0.15, -0.1) is 11.3 Å². The lowest BCUT2D eigenvalue weighted by Crippen LogP contribution is -1.97. The molecule has 0 aliphatic carbocycles. The number of aromatic nitrogens is 2. The summed E-state index contributed by atoms with van der Waals surface area (Å²) in [6, 6.07) is 12.6.